The Balaban J connectivity index is 4.01. The van der Waals surface area contributed by atoms with Gasteiger partial charge in [-0.2, -0.15) is 5.26 Å². The molecule has 0 aromatic carbocycles. The number of carbonyl (C=O) groups is 2. The van der Waals surface area contributed by atoms with E-state index in [0.29, 0.717) is 6.42 Å². The van der Waals surface area contributed by atoms with Gasteiger partial charge in [-0.15, -0.1) is 0 Å². The molecule has 0 bridgehead atoms. The van der Waals surface area contributed by atoms with Crippen molar-refractivity contribution in [1.29, 1.82) is 5.26 Å². The highest BCUT2D eigenvalue weighted by Crippen LogP contribution is 2.06. The van der Waals surface area contributed by atoms with Crippen LogP contribution in [-0.2, 0) is 4.79 Å². The fraction of sp³-hybridized carbons (Fsp3) is 0.625. The lowest BCUT2D eigenvalue weighted by atomic mass is 10.0. The summed E-state index contributed by atoms with van der Waals surface area (Å²) in [5, 5.41) is 10.5. The quantitative estimate of drug-likeness (QED) is 0.664. The van der Waals surface area contributed by atoms with Crippen molar-refractivity contribution in [3.63, 3.8) is 0 Å². The summed E-state index contributed by atoms with van der Waals surface area (Å²) in [6.45, 7) is 1.96. The Morgan fingerprint density at radius 1 is 1.62 bits per heavy atom. The third kappa shape index (κ3) is 4.80. The Hall–Kier alpha value is -1.57. The number of nitriles is 1. The van der Waals surface area contributed by atoms with E-state index in [9.17, 15) is 9.59 Å². The van der Waals surface area contributed by atoms with Crippen LogP contribution in [0.2, 0.25) is 0 Å². The maximum atomic E-state index is 11.1. The number of nitrogens with zero attached hydrogens (tertiary/aromatic N) is 1. The highest BCUT2D eigenvalue weighted by atomic mass is 16.2. The minimum atomic E-state index is -0.915. The molecule has 0 aromatic heterocycles. The number of rotatable bonds is 4. The van der Waals surface area contributed by atoms with E-state index in [4.69, 9.17) is 11.0 Å². The second-order valence-electron chi connectivity index (χ2n) is 2.68. The molecule has 5 nitrogen and oxygen atoms in total. The lowest BCUT2D eigenvalue weighted by Gasteiger charge is -2.06. The van der Waals surface area contributed by atoms with Crippen molar-refractivity contribution < 1.29 is 9.59 Å². The van der Waals surface area contributed by atoms with Crippen molar-refractivity contribution in [2.24, 2.45) is 11.7 Å². The summed E-state index contributed by atoms with van der Waals surface area (Å²) >= 11 is 0. The molecule has 0 fully saturated rings. The number of nitrogens with one attached hydrogen (secondary N) is 1. The minimum absolute atomic E-state index is 0.464. The molecule has 1 unspecified atom stereocenters. The Morgan fingerprint density at radius 2 is 2.23 bits per heavy atom. The van der Waals surface area contributed by atoms with E-state index in [0.717, 1.165) is 12.8 Å². The van der Waals surface area contributed by atoms with E-state index in [2.05, 4.69) is 0 Å². The highest BCUT2D eigenvalue weighted by Gasteiger charge is 2.17. The smallest absolute Gasteiger partial charge is 0.318 e. The van der Waals surface area contributed by atoms with Crippen LogP contribution in [0.15, 0.2) is 0 Å². The van der Waals surface area contributed by atoms with E-state index < -0.39 is 17.9 Å². The average Bonchev–Trinajstić information content (AvgIpc) is 2.04. The van der Waals surface area contributed by atoms with Crippen LogP contribution >= 0.6 is 0 Å². The third-order valence-corrected chi connectivity index (χ3v) is 1.57. The number of nitrogens with two attached hydrogens (primary N) is 1. The molecule has 0 radical (unpaired) electrons. The molecule has 72 valence electrons. The zero-order valence-electron chi connectivity index (χ0n) is 7.54. The highest BCUT2D eigenvalue weighted by molar-refractivity contribution is 5.95. The first-order valence-corrected chi connectivity index (χ1v) is 4.11. The molecule has 0 aliphatic carbocycles. The van der Waals surface area contributed by atoms with Gasteiger partial charge in [0.25, 0.3) is 0 Å². The van der Waals surface area contributed by atoms with Crippen LogP contribution in [0.5, 0.6) is 0 Å². The Morgan fingerprint density at radius 3 is 2.62 bits per heavy atom. The summed E-state index contributed by atoms with van der Waals surface area (Å²) in [5.41, 5.74) is 4.73. The lowest BCUT2D eigenvalue weighted by molar-refractivity contribution is -0.122. The molecular weight excluding hydrogens is 170 g/mol. The topological polar surface area (TPSA) is 96.0 Å². The van der Waals surface area contributed by atoms with E-state index in [1.54, 1.807) is 0 Å². The van der Waals surface area contributed by atoms with Gasteiger partial charge in [-0.3, -0.25) is 10.1 Å². The summed E-state index contributed by atoms with van der Waals surface area (Å²) in [6, 6.07) is 0.907. The molecular formula is C8H13N3O2. The largest absolute Gasteiger partial charge is 0.351 e. The fourth-order valence-corrected chi connectivity index (χ4v) is 0.871. The van der Waals surface area contributed by atoms with Gasteiger partial charge in [-0.05, 0) is 6.42 Å². The first-order valence-electron chi connectivity index (χ1n) is 4.11. The molecule has 3 amide bonds. The van der Waals surface area contributed by atoms with Crippen molar-refractivity contribution >= 4 is 11.9 Å². The van der Waals surface area contributed by atoms with Gasteiger partial charge in [0, 0.05) is 0 Å². The number of hydrogen-bond donors (Lipinski definition) is 2. The summed E-state index contributed by atoms with van der Waals surface area (Å²) in [5.74, 6) is -1.38. The number of imide groups is 1. The van der Waals surface area contributed by atoms with Crippen LogP contribution in [0.1, 0.15) is 26.2 Å². The summed E-state index contributed by atoms with van der Waals surface area (Å²) in [4.78, 5) is 21.3. The number of urea groups is 1. The van der Waals surface area contributed by atoms with Crippen LogP contribution in [-0.4, -0.2) is 11.9 Å². The molecule has 0 aliphatic rings. The first-order chi connectivity index (χ1) is 6.11. The second kappa shape index (κ2) is 6.00. The molecule has 0 aromatic rings. The molecule has 0 saturated heterocycles. The third-order valence-electron chi connectivity index (χ3n) is 1.57. The Bertz CT molecular complexity index is 232. The van der Waals surface area contributed by atoms with Crippen molar-refractivity contribution in [2.45, 2.75) is 26.2 Å². The minimum Gasteiger partial charge on any atom is -0.351 e. The van der Waals surface area contributed by atoms with Gasteiger partial charge in [0.05, 0.1) is 6.07 Å². The summed E-state index contributed by atoms with van der Waals surface area (Å²) in [6.07, 6.45) is 2.15. The first kappa shape index (κ1) is 11.4. The number of amides is 3. The van der Waals surface area contributed by atoms with Gasteiger partial charge in [0.1, 0.15) is 5.92 Å². The number of hydrogen-bond acceptors (Lipinski definition) is 3. The average molecular weight is 183 g/mol. The van der Waals surface area contributed by atoms with Crippen molar-refractivity contribution in [2.75, 3.05) is 0 Å². The predicted octanol–water partition coefficient (Wildman–Crippen LogP) is 0.511. The van der Waals surface area contributed by atoms with E-state index in [-0.39, 0.29) is 0 Å². The lowest BCUT2D eigenvalue weighted by Crippen LogP contribution is -2.38. The maximum absolute atomic E-state index is 11.1. The second-order valence-corrected chi connectivity index (χ2v) is 2.68. The van der Waals surface area contributed by atoms with Gasteiger partial charge >= 0.3 is 6.03 Å². The van der Waals surface area contributed by atoms with Crippen molar-refractivity contribution in [3.8, 4) is 6.07 Å². The maximum Gasteiger partial charge on any atom is 0.318 e. The van der Waals surface area contributed by atoms with Crippen molar-refractivity contribution in [3.05, 3.63) is 0 Å². The van der Waals surface area contributed by atoms with E-state index in [1.807, 2.05) is 18.3 Å². The molecule has 0 saturated carbocycles. The van der Waals surface area contributed by atoms with Crippen molar-refractivity contribution in [1.82, 2.24) is 5.32 Å². The zero-order chi connectivity index (χ0) is 10.3. The van der Waals surface area contributed by atoms with Crippen LogP contribution in [0, 0.1) is 17.2 Å². The number of carbonyl (C=O) groups excluding carboxylic acids is 2. The van der Waals surface area contributed by atoms with Gasteiger partial charge in [0.2, 0.25) is 5.91 Å². The normalized spacial score (nSPS) is 11.4. The molecule has 3 N–H and O–H groups in total. The van der Waals surface area contributed by atoms with E-state index >= 15 is 0 Å². The molecule has 0 aliphatic heterocycles. The van der Waals surface area contributed by atoms with Crippen LogP contribution < -0.4 is 11.1 Å². The van der Waals surface area contributed by atoms with Crippen LogP contribution in [0.25, 0.3) is 0 Å². The SMILES string of the molecule is CCCCC(C#N)C(=O)NC(N)=O. The Labute approximate surface area is 76.9 Å². The molecule has 0 heterocycles. The molecule has 5 heteroatoms. The predicted molar refractivity (Wildman–Crippen MR) is 46.4 cm³/mol. The number of unbranched alkanes of at least 4 members (excludes halogenated alkanes) is 1. The van der Waals surface area contributed by atoms with Crippen LogP contribution in [0.3, 0.4) is 0 Å². The standard InChI is InChI=1S/C8H13N3O2/c1-2-3-4-6(5-9)7(12)11-8(10)13/h6H,2-4H2,1H3,(H3,10,11,12,13). The van der Waals surface area contributed by atoms with Gasteiger partial charge < -0.3 is 5.73 Å². The van der Waals surface area contributed by atoms with E-state index in [1.165, 1.54) is 0 Å². The van der Waals surface area contributed by atoms with Crippen LogP contribution in [0.4, 0.5) is 4.79 Å². The summed E-state index contributed by atoms with van der Waals surface area (Å²) < 4.78 is 0. The van der Waals surface area contributed by atoms with Gasteiger partial charge in [0.15, 0.2) is 0 Å². The number of primary amides is 1. The zero-order valence-corrected chi connectivity index (χ0v) is 7.54. The van der Waals surface area contributed by atoms with Gasteiger partial charge in [-0.25, -0.2) is 4.79 Å². The molecule has 0 spiro atoms. The Kier molecular flexibility index (Phi) is 5.28. The fourth-order valence-electron chi connectivity index (χ4n) is 0.871. The monoisotopic (exact) mass is 183 g/mol. The summed E-state index contributed by atoms with van der Waals surface area (Å²) in [7, 11) is 0. The van der Waals surface area contributed by atoms with Gasteiger partial charge in [-0.1, -0.05) is 19.8 Å². The molecule has 1 atom stereocenters. The molecule has 0 rings (SSSR count). The molecule has 13 heavy (non-hydrogen) atoms.